The normalized spacial score (nSPS) is 12.0. The summed E-state index contributed by atoms with van der Waals surface area (Å²) in [5.74, 6) is -0.388. The Hall–Kier alpha value is -4.30. The minimum absolute atomic E-state index is 0.0925. The highest BCUT2D eigenvalue weighted by molar-refractivity contribution is 6.31. The van der Waals surface area contributed by atoms with Gasteiger partial charge in [-0.3, -0.25) is 9.59 Å². The number of esters is 1. The molecule has 220 valence electrons. The quantitative estimate of drug-likeness (QED) is 0.154. The van der Waals surface area contributed by atoms with Gasteiger partial charge in [0.2, 0.25) is 12.3 Å². The Morgan fingerprint density at radius 3 is 2.31 bits per heavy atom. The lowest BCUT2D eigenvalue weighted by atomic mass is 9.98. The van der Waals surface area contributed by atoms with E-state index in [0.29, 0.717) is 40.3 Å². The van der Waals surface area contributed by atoms with Gasteiger partial charge in [0, 0.05) is 33.6 Å². The van der Waals surface area contributed by atoms with Crippen LogP contribution in [0.5, 0.6) is 5.75 Å². The van der Waals surface area contributed by atoms with Gasteiger partial charge >= 0.3 is 5.97 Å². The van der Waals surface area contributed by atoms with Crippen molar-refractivity contribution in [3.05, 3.63) is 99.7 Å². The smallest absolute Gasteiger partial charge is 0.355 e. The second kappa shape index (κ2) is 13.1. The van der Waals surface area contributed by atoms with E-state index in [-0.39, 0.29) is 18.8 Å². The molecule has 0 spiro atoms. The summed E-state index contributed by atoms with van der Waals surface area (Å²) in [5, 5.41) is 4.02. The van der Waals surface area contributed by atoms with Crippen LogP contribution in [-0.2, 0) is 27.5 Å². The first-order chi connectivity index (χ1) is 20.0. The molecule has 4 aromatic rings. The SMILES string of the molecule is CCOC(=O)c1[nH]c2cc(Cl)ccc2c1C(C(=O)NC(C)(C)C)N(C=O)Cc1ccc(OCc2ccc(C)cc2)cc1. The number of benzene rings is 3. The predicted octanol–water partition coefficient (Wildman–Crippen LogP) is 6.50. The first kappa shape index (κ1) is 30.7. The van der Waals surface area contributed by atoms with E-state index in [1.807, 2.05) is 76.2 Å². The van der Waals surface area contributed by atoms with Crippen LogP contribution in [0.25, 0.3) is 10.9 Å². The van der Waals surface area contributed by atoms with Gasteiger partial charge < -0.3 is 24.7 Å². The number of rotatable bonds is 11. The molecule has 0 fully saturated rings. The van der Waals surface area contributed by atoms with Gasteiger partial charge in [-0.25, -0.2) is 4.79 Å². The van der Waals surface area contributed by atoms with Gasteiger partial charge in [0.05, 0.1) is 6.61 Å². The molecular formula is C33H36ClN3O5. The molecule has 0 bridgehead atoms. The van der Waals surface area contributed by atoms with E-state index >= 15 is 0 Å². The molecule has 2 amide bonds. The average molecular weight is 590 g/mol. The molecule has 42 heavy (non-hydrogen) atoms. The lowest BCUT2D eigenvalue weighted by Gasteiger charge is -2.31. The van der Waals surface area contributed by atoms with Gasteiger partial charge in [0.1, 0.15) is 24.1 Å². The van der Waals surface area contributed by atoms with E-state index in [1.54, 1.807) is 25.1 Å². The van der Waals surface area contributed by atoms with Crippen molar-refractivity contribution in [2.75, 3.05) is 6.61 Å². The molecule has 1 heterocycles. The van der Waals surface area contributed by atoms with Crippen molar-refractivity contribution in [3.8, 4) is 5.75 Å². The molecule has 0 radical (unpaired) electrons. The van der Waals surface area contributed by atoms with Crippen LogP contribution < -0.4 is 10.1 Å². The summed E-state index contributed by atoms with van der Waals surface area (Å²) < 4.78 is 11.2. The number of nitrogens with zero attached hydrogens (tertiary/aromatic N) is 1. The highest BCUT2D eigenvalue weighted by Gasteiger charge is 2.36. The van der Waals surface area contributed by atoms with Crippen LogP contribution >= 0.6 is 11.6 Å². The molecule has 1 aromatic heterocycles. The van der Waals surface area contributed by atoms with Crippen molar-refractivity contribution in [2.24, 2.45) is 0 Å². The topological polar surface area (TPSA) is 101 Å². The maximum Gasteiger partial charge on any atom is 0.355 e. The zero-order valence-electron chi connectivity index (χ0n) is 24.5. The Labute approximate surface area is 251 Å². The van der Waals surface area contributed by atoms with Crippen LogP contribution in [0.1, 0.15) is 66.5 Å². The average Bonchev–Trinajstić information content (AvgIpc) is 3.30. The lowest BCUT2D eigenvalue weighted by Crippen LogP contribution is -2.47. The van der Waals surface area contributed by atoms with Gasteiger partial charge in [-0.2, -0.15) is 0 Å². The van der Waals surface area contributed by atoms with Crippen molar-refractivity contribution in [2.45, 2.75) is 59.4 Å². The summed E-state index contributed by atoms with van der Waals surface area (Å²) in [4.78, 5) is 44.0. The van der Waals surface area contributed by atoms with Crippen LogP contribution in [0.3, 0.4) is 0 Å². The minimum atomic E-state index is -1.14. The maximum absolute atomic E-state index is 13.9. The fourth-order valence-electron chi connectivity index (χ4n) is 4.67. The predicted molar refractivity (Wildman–Crippen MR) is 163 cm³/mol. The molecule has 9 heteroatoms. The lowest BCUT2D eigenvalue weighted by molar-refractivity contribution is -0.134. The number of ether oxygens (including phenoxy) is 2. The van der Waals surface area contributed by atoms with E-state index < -0.39 is 23.5 Å². The Morgan fingerprint density at radius 2 is 1.69 bits per heavy atom. The number of hydrogen-bond acceptors (Lipinski definition) is 5. The van der Waals surface area contributed by atoms with Crippen LogP contribution in [-0.4, -0.2) is 40.3 Å². The fraction of sp³-hybridized carbons (Fsp3) is 0.303. The fourth-order valence-corrected chi connectivity index (χ4v) is 4.84. The number of aromatic amines is 1. The van der Waals surface area contributed by atoms with Crippen molar-refractivity contribution >= 4 is 40.8 Å². The maximum atomic E-state index is 13.9. The van der Waals surface area contributed by atoms with Crippen molar-refractivity contribution < 1.29 is 23.9 Å². The first-order valence-corrected chi connectivity index (χ1v) is 14.2. The second-order valence-electron chi connectivity index (χ2n) is 11.2. The summed E-state index contributed by atoms with van der Waals surface area (Å²) in [7, 11) is 0. The molecule has 0 saturated carbocycles. The molecule has 4 rings (SSSR count). The number of carbonyl (C=O) groups excluding carboxylic acids is 3. The Morgan fingerprint density at radius 1 is 1.02 bits per heavy atom. The largest absolute Gasteiger partial charge is 0.489 e. The van der Waals surface area contributed by atoms with E-state index in [2.05, 4.69) is 10.3 Å². The number of hydrogen-bond donors (Lipinski definition) is 2. The van der Waals surface area contributed by atoms with Gasteiger partial charge in [0.25, 0.3) is 0 Å². The third-order valence-electron chi connectivity index (χ3n) is 6.58. The van der Waals surface area contributed by atoms with E-state index in [4.69, 9.17) is 21.1 Å². The number of fused-ring (bicyclic) bond motifs is 1. The van der Waals surface area contributed by atoms with Crippen molar-refractivity contribution in [3.63, 3.8) is 0 Å². The molecule has 0 aliphatic carbocycles. The van der Waals surface area contributed by atoms with Crippen molar-refractivity contribution in [1.82, 2.24) is 15.2 Å². The van der Waals surface area contributed by atoms with Gasteiger partial charge in [-0.05, 0) is 70.0 Å². The summed E-state index contributed by atoms with van der Waals surface area (Å²) in [5.41, 5.74) is 3.40. The third kappa shape index (κ3) is 7.50. The highest BCUT2D eigenvalue weighted by atomic mass is 35.5. The van der Waals surface area contributed by atoms with Crippen LogP contribution in [0.4, 0.5) is 0 Å². The first-order valence-electron chi connectivity index (χ1n) is 13.8. The number of H-pyrrole nitrogens is 1. The van der Waals surface area contributed by atoms with E-state index in [0.717, 1.165) is 11.1 Å². The van der Waals surface area contributed by atoms with E-state index in [1.165, 1.54) is 10.5 Å². The van der Waals surface area contributed by atoms with E-state index in [9.17, 15) is 14.4 Å². The number of halogens is 1. The summed E-state index contributed by atoms with van der Waals surface area (Å²) in [6, 6.07) is 19.4. The monoisotopic (exact) mass is 589 g/mol. The minimum Gasteiger partial charge on any atom is -0.489 e. The standard InChI is InChI=1S/C33H36ClN3O5/c1-6-41-32(40)29-28(26-16-13-24(34)17-27(26)35-29)30(31(39)36-33(3,4)5)37(20-38)18-22-11-14-25(15-12-22)42-19-23-9-7-21(2)8-10-23/h7-17,20,30,35H,6,18-19H2,1-5H3,(H,36,39). The van der Waals surface area contributed by atoms with Crippen LogP contribution in [0.15, 0.2) is 66.7 Å². The van der Waals surface area contributed by atoms with Gasteiger partial charge in [0.15, 0.2) is 0 Å². The second-order valence-corrected chi connectivity index (χ2v) is 11.6. The summed E-state index contributed by atoms with van der Waals surface area (Å²) in [6.45, 7) is 9.96. The molecule has 2 N–H and O–H groups in total. The molecule has 0 saturated heterocycles. The number of aromatic nitrogens is 1. The summed E-state index contributed by atoms with van der Waals surface area (Å²) in [6.07, 6.45) is 0.623. The number of amides is 2. The highest BCUT2D eigenvalue weighted by Crippen LogP contribution is 2.35. The van der Waals surface area contributed by atoms with Gasteiger partial charge in [-0.1, -0.05) is 59.6 Å². The third-order valence-corrected chi connectivity index (χ3v) is 6.82. The number of nitrogens with one attached hydrogen (secondary N) is 2. The zero-order valence-corrected chi connectivity index (χ0v) is 25.2. The molecule has 0 aliphatic heterocycles. The molecule has 1 atom stereocenters. The molecule has 3 aromatic carbocycles. The Balaban J connectivity index is 1.68. The molecular weight excluding hydrogens is 554 g/mol. The van der Waals surface area contributed by atoms with Crippen LogP contribution in [0, 0.1) is 6.92 Å². The molecule has 0 aliphatic rings. The number of carbonyl (C=O) groups is 3. The van der Waals surface area contributed by atoms with Crippen LogP contribution in [0.2, 0.25) is 5.02 Å². The molecule has 1 unspecified atom stereocenters. The number of aryl methyl sites for hydroxylation is 1. The Bertz CT molecular complexity index is 1560. The zero-order chi connectivity index (χ0) is 30.4. The van der Waals surface area contributed by atoms with Gasteiger partial charge in [-0.15, -0.1) is 0 Å². The molecule has 8 nitrogen and oxygen atoms in total. The Kier molecular flexibility index (Phi) is 9.58. The van der Waals surface area contributed by atoms with Crippen molar-refractivity contribution in [1.29, 1.82) is 0 Å². The summed E-state index contributed by atoms with van der Waals surface area (Å²) >= 11 is 6.23.